The van der Waals surface area contributed by atoms with E-state index < -0.39 is 68.4 Å². The molecule has 0 saturated carbocycles. The highest BCUT2D eigenvalue weighted by Crippen LogP contribution is 2.49. The Morgan fingerprint density at radius 2 is 1.05 bits per heavy atom. The van der Waals surface area contributed by atoms with Crippen LogP contribution in [0.1, 0.15) is 31.8 Å². The highest BCUT2D eigenvalue weighted by Gasteiger charge is 2.42. The maximum atomic E-state index is 16.2. The molecule has 12 heteroatoms. The van der Waals surface area contributed by atoms with Gasteiger partial charge in [0.2, 0.25) is 11.6 Å². The number of phenolic OH excluding ortho intramolecular Hbond substituents is 2. The van der Waals surface area contributed by atoms with Crippen LogP contribution in [0.4, 0.5) is 20.2 Å². The SMILES string of the molecule is O=C1c2c(O)ccc(O)c2C(=O)c2c(F)c(Oc3c(Cl)cccc3Cl)c(Nc3c(Cl)cccc3Cl)c(F)c21. The van der Waals surface area contributed by atoms with Crippen LogP contribution in [0.2, 0.25) is 20.1 Å². The molecule has 0 aromatic heterocycles. The lowest BCUT2D eigenvalue weighted by Gasteiger charge is -2.24. The Kier molecular flexibility index (Phi) is 6.61. The molecule has 4 aromatic rings. The molecule has 4 aromatic carbocycles. The molecular formula is C26H11Cl4F2NO5. The average molecular weight is 597 g/mol. The molecule has 0 bridgehead atoms. The van der Waals surface area contributed by atoms with Gasteiger partial charge in [-0.05, 0) is 36.4 Å². The summed E-state index contributed by atoms with van der Waals surface area (Å²) in [6.07, 6.45) is 0. The number of ether oxygens (including phenoxy) is 1. The Morgan fingerprint density at radius 3 is 1.55 bits per heavy atom. The molecule has 0 amide bonds. The third kappa shape index (κ3) is 4.01. The zero-order chi connectivity index (χ0) is 27.5. The molecular weight excluding hydrogens is 586 g/mol. The molecule has 6 nitrogen and oxygen atoms in total. The van der Waals surface area contributed by atoms with E-state index in [0.29, 0.717) is 0 Å². The second kappa shape index (κ2) is 9.63. The monoisotopic (exact) mass is 595 g/mol. The van der Waals surface area contributed by atoms with Crippen LogP contribution < -0.4 is 10.1 Å². The summed E-state index contributed by atoms with van der Waals surface area (Å²) in [7, 11) is 0. The van der Waals surface area contributed by atoms with E-state index in [1.807, 2.05) is 0 Å². The van der Waals surface area contributed by atoms with Crippen molar-refractivity contribution in [3.05, 3.63) is 103 Å². The largest absolute Gasteiger partial charge is 0.507 e. The van der Waals surface area contributed by atoms with E-state index in [0.717, 1.165) is 12.1 Å². The number of aromatic hydroxyl groups is 2. The first-order valence-electron chi connectivity index (χ1n) is 10.5. The molecule has 0 atom stereocenters. The number of ketones is 2. The summed E-state index contributed by atoms with van der Waals surface area (Å²) >= 11 is 24.7. The highest BCUT2D eigenvalue weighted by molar-refractivity contribution is 6.39. The predicted molar refractivity (Wildman–Crippen MR) is 139 cm³/mol. The van der Waals surface area contributed by atoms with Gasteiger partial charge in [-0.3, -0.25) is 9.59 Å². The number of para-hydroxylation sites is 2. The Hall–Kier alpha value is -3.56. The Labute approximate surface area is 232 Å². The van der Waals surface area contributed by atoms with Crippen molar-refractivity contribution in [2.75, 3.05) is 5.32 Å². The van der Waals surface area contributed by atoms with E-state index in [4.69, 9.17) is 51.1 Å². The van der Waals surface area contributed by atoms with Gasteiger partial charge in [0.25, 0.3) is 0 Å². The lowest BCUT2D eigenvalue weighted by Crippen LogP contribution is -2.25. The number of halogens is 6. The van der Waals surface area contributed by atoms with Crippen molar-refractivity contribution in [1.29, 1.82) is 0 Å². The highest BCUT2D eigenvalue weighted by atomic mass is 35.5. The summed E-state index contributed by atoms with van der Waals surface area (Å²) < 4.78 is 38.0. The standard InChI is InChI=1S/C26H11Cl4F2NO5/c27-9-3-1-4-10(28)21(9)33-22-19(31)17-18(20(32)26(22)38-25-11(29)5-2-6-12(25)30)24(37)16-14(35)8-7-13(34)15(16)23(17)36/h1-8,33-35H. The van der Waals surface area contributed by atoms with Crippen LogP contribution in [0.15, 0.2) is 48.5 Å². The maximum absolute atomic E-state index is 16.2. The van der Waals surface area contributed by atoms with E-state index in [1.54, 1.807) is 0 Å². The van der Waals surface area contributed by atoms with Crippen LogP contribution in [-0.2, 0) is 0 Å². The number of rotatable bonds is 4. The molecule has 0 spiro atoms. The van der Waals surface area contributed by atoms with Gasteiger partial charge in [-0.1, -0.05) is 58.5 Å². The smallest absolute Gasteiger partial charge is 0.201 e. The molecule has 0 saturated heterocycles. The molecule has 0 aliphatic heterocycles. The van der Waals surface area contributed by atoms with E-state index in [9.17, 15) is 19.8 Å². The molecule has 1 aliphatic rings. The summed E-state index contributed by atoms with van der Waals surface area (Å²) in [6, 6.07) is 10.5. The van der Waals surface area contributed by atoms with Crippen molar-refractivity contribution in [3.63, 3.8) is 0 Å². The second-order valence-corrected chi connectivity index (χ2v) is 9.60. The van der Waals surface area contributed by atoms with Crippen LogP contribution in [0.3, 0.4) is 0 Å². The van der Waals surface area contributed by atoms with Crippen LogP contribution in [0.5, 0.6) is 23.0 Å². The molecule has 3 N–H and O–H groups in total. The second-order valence-electron chi connectivity index (χ2n) is 7.97. The summed E-state index contributed by atoms with van der Waals surface area (Å²) in [6.45, 7) is 0. The topological polar surface area (TPSA) is 95.9 Å². The quantitative estimate of drug-likeness (QED) is 0.181. The summed E-state index contributed by atoms with van der Waals surface area (Å²) in [5, 5.41) is 22.9. The number of phenols is 2. The summed E-state index contributed by atoms with van der Waals surface area (Å²) in [4.78, 5) is 26.6. The van der Waals surface area contributed by atoms with Crippen molar-refractivity contribution >= 4 is 69.3 Å². The Balaban J connectivity index is 1.84. The fourth-order valence-electron chi connectivity index (χ4n) is 4.02. The van der Waals surface area contributed by atoms with E-state index >= 15 is 8.78 Å². The van der Waals surface area contributed by atoms with Crippen LogP contribution in [0.25, 0.3) is 0 Å². The molecule has 0 radical (unpaired) electrons. The van der Waals surface area contributed by atoms with Gasteiger partial charge in [-0.15, -0.1) is 0 Å². The third-order valence-electron chi connectivity index (χ3n) is 5.74. The van der Waals surface area contributed by atoms with E-state index in [1.165, 1.54) is 36.4 Å². The molecule has 38 heavy (non-hydrogen) atoms. The lowest BCUT2D eigenvalue weighted by atomic mass is 9.82. The van der Waals surface area contributed by atoms with Gasteiger partial charge in [0, 0.05) is 0 Å². The normalized spacial score (nSPS) is 12.3. The number of hydrogen-bond acceptors (Lipinski definition) is 6. The fourth-order valence-corrected chi connectivity index (χ4v) is 4.98. The predicted octanol–water partition coefficient (Wildman–Crippen LogP) is 8.30. The number of hydrogen-bond donors (Lipinski definition) is 3. The van der Waals surface area contributed by atoms with Crippen molar-refractivity contribution in [2.45, 2.75) is 0 Å². The van der Waals surface area contributed by atoms with Crippen molar-refractivity contribution in [1.82, 2.24) is 0 Å². The molecule has 192 valence electrons. The van der Waals surface area contributed by atoms with Crippen LogP contribution in [0, 0.1) is 11.6 Å². The van der Waals surface area contributed by atoms with Gasteiger partial charge in [-0.2, -0.15) is 0 Å². The van der Waals surface area contributed by atoms with Crippen molar-refractivity contribution < 1.29 is 33.3 Å². The molecule has 5 rings (SSSR count). The minimum Gasteiger partial charge on any atom is -0.507 e. The van der Waals surface area contributed by atoms with Crippen LogP contribution in [-0.4, -0.2) is 21.8 Å². The van der Waals surface area contributed by atoms with Gasteiger partial charge in [-0.25, -0.2) is 8.78 Å². The molecule has 0 fully saturated rings. The number of anilines is 2. The first-order chi connectivity index (χ1) is 18.0. The van der Waals surface area contributed by atoms with Gasteiger partial charge in [0.1, 0.15) is 17.2 Å². The lowest BCUT2D eigenvalue weighted by molar-refractivity contribution is 0.0967. The minimum atomic E-state index is -1.48. The average Bonchev–Trinajstić information content (AvgIpc) is 2.86. The summed E-state index contributed by atoms with van der Waals surface area (Å²) in [5.41, 5.74) is -4.27. The van der Waals surface area contributed by atoms with Crippen LogP contribution >= 0.6 is 46.4 Å². The van der Waals surface area contributed by atoms with E-state index in [-0.39, 0.29) is 31.5 Å². The molecule has 0 unspecified atom stereocenters. The Morgan fingerprint density at radius 1 is 0.605 bits per heavy atom. The summed E-state index contributed by atoms with van der Waals surface area (Å²) in [5.74, 6) is -8.05. The van der Waals surface area contributed by atoms with Gasteiger partial charge < -0.3 is 20.3 Å². The Bertz CT molecular complexity index is 1550. The fraction of sp³-hybridized carbons (Fsp3) is 0. The number of carbonyl (C=O) groups is 2. The van der Waals surface area contributed by atoms with Gasteiger partial charge in [0.05, 0.1) is 48.0 Å². The molecule has 1 aliphatic carbocycles. The zero-order valence-electron chi connectivity index (χ0n) is 18.5. The number of benzene rings is 4. The third-order valence-corrected chi connectivity index (χ3v) is 6.97. The van der Waals surface area contributed by atoms with Gasteiger partial charge >= 0.3 is 0 Å². The number of nitrogens with one attached hydrogen (secondary N) is 1. The first-order valence-corrected chi connectivity index (χ1v) is 12.1. The number of carbonyl (C=O) groups excluding carboxylic acids is 2. The van der Waals surface area contributed by atoms with E-state index in [2.05, 4.69) is 5.32 Å². The first kappa shape index (κ1) is 26.1. The molecule has 0 heterocycles. The minimum absolute atomic E-state index is 0.00655. The van der Waals surface area contributed by atoms with Gasteiger partial charge in [0.15, 0.2) is 23.1 Å². The number of fused-ring (bicyclic) bond motifs is 2. The van der Waals surface area contributed by atoms with Crippen molar-refractivity contribution in [2.24, 2.45) is 0 Å². The zero-order valence-corrected chi connectivity index (χ0v) is 21.5. The maximum Gasteiger partial charge on any atom is 0.201 e. The van der Waals surface area contributed by atoms with Crippen molar-refractivity contribution in [3.8, 4) is 23.0 Å².